The van der Waals surface area contributed by atoms with Gasteiger partial charge in [-0.05, 0) is 25.8 Å². The van der Waals surface area contributed by atoms with Crippen LogP contribution in [0.4, 0.5) is 0 Å². The highest BCUT2D eigenvalue weighted by atomic mass is 16.5. The van der Waals surface area contributed by atoms with Crippen LogP contribution in [0.1, 0.15) is 26.0 Å². The van der Waals surface area contributed by atoms with Crippen molar-refractivity contribution < 1.29 is 25.9 Å². The summed E-state index contributed by atoms with van der Waals surface area (Å²) in [5.41, 5.74) is 0. The van der Waals surface area contributed by atoms with E-state index in [1.54, 1.807) is 0 Å². The van der Waals surface area contributed by atoms with Crippen LogP contribution in [0.2, 0.25) is 0 Å². The minimum Gasteiger partial charge on any atom is -0.469 e. The number of ether oxygens (including phenoxy) is 2. The van der Waals surface area contributed by atoms with E-state index in [1.807, 2.05) is 0 Å². The topological polar surface area (TPSA) is 55.8 Å². The minimum atomic E-state index is -1.70. The van der Waals surface area contributed by atoms with Crippen LogP contribution in [0.5, 0.6) is 0 Å². The van der Waals surface area contributed by atoms with Gasteiger partial charge in [-0.25, -0.2) is 0 Å². The van der Waals surface area contributed by atoms with Gasteiger partial charge >= 0.3 is 11.9 Å². The van der Waals surface area contributed by atoms with Gasteiger partial charge in [0.05, 0.1) is 20.6 Å². The van der Waals surface area contributed by atoms with Crippen LogP contribution in [0, 0.1) is 0 Å². The maximum Gasteiger partial charge on any atom is 0.323 e. The summed E-state index contributed by atoms with van der Waals surface area (Å²) < 4.78 is 47.5. The Morgan fingerprint density at radius 3 is 2.47 bits per heavy atom. The number of hydrogen-bond donors (Lipinski definition) is 0. The molecule has 0 saturated carbocycles. The van der Waals surface area contributed by atoms with Crippen molar-refractivity contribution in [3.63, 3.8) is 0 Å². The van der Waals surface area contributed by atoms with Crippen molar-refractivity contribution in [3.8, 4) is 0 Å². The smallest absolute Gasteiger partial charge is 0.323 e. The summed E-state index contributed by atoms with van der Waals surface area (Å²) in [6.45, 7) is -2.72. The van der Waals surface area contributed by atoms with E-state index in [0.29, 0.717) is 0 Å². The molecule has 1 saturated heterocycles. The Kier molecular flexibility index (Phi) is 2.46. The number of nitrogens with zero attached hydrogens (tertiary/aromatic N) is 1. The molecule has 1 heterocycles. The average molecular weight is 220 g/mol. The Morgan fingerprint density at radius 1 is 1.40 bits per heavy atom. The third-order valence-electron chi connectivity index (χ3n) is 1.89. The van der Waals surface area contributed by atoms with E-state index in [9.17, 15) is 9.59 Å². The lowest BCUT2D eigenvalue weighted by atomic mass is 10.2. The zero-order valence-electron chi connectivity index (χ0n) is 13.5. The van der Waals surface area contributed by atoms with Crippen LogP contribution in [-0.4, -0.2) is 50.1 Å². The molecule has 0 aliphatic carbocycles. The second-order valence-electron chi connectivity index (χ2n) is 2.79. The van der Waals surface area contributed by atoms with E-state index in [0.717, 1.165) is 19.1 Å². The molecule has 0 radical (unpaired) electrons. The molecule has 0 aromatic carbocycles. The molecule has 1 fully saturated rings. The number of methoxy groups -OCH3 is 2. The fraction of sp³-hybridized carbons (Fsp3) is 0.800. The van der Waals surface area contributed by atoms with Crippen molar-refractivity contribution in [2.45, 2.75) is 25.2 Å². The molecule has 5 nitrogen and oxygen atoms in total. The van der Waals surface area contributed by atoms with Gasteiger partial charge in [0.25, 0.3) is 0 Å². The molecule has 1 aliphatic heterocycles. The molecular weight excluding hydrogens is 198 g/mol. The van der Waals surface area contributed by atoms with Crippen LogP contribution in [0.3, 0.4) is 0 Å². The number of hydrogen-bond acceptors (Lipinski definition) is 5. The molecule has 0 spiro atoms. The van der Waals surface area contributed by atoms with E-state index >= 15 is 0 Å². The van der Waals surface area contributed by atoms with Crippen LogP contribution >= 0.6 is 0 Å². The highest BCUT2D eigenvalue weighted by Gasteiger charge is 2.31. The molecule has 1 rings (SSSR count). The van der Waals surface area contributed by atoms with Gasteiger partial charge in [0, 0.05) is 6.85 Å². The molecule has 86 valence electrons. The molecule has 5 heteroatoms. The lowest BCUT2D eigenvalue weighted by Gasteiger charge is -2.23. The summed E-state index contributed by atoms with van der Waals surface area (Å²) >= 11 is 0. The van der Waals surface area contributed by atoms with E-state index in [-0.39, 0.29) is 0 Å². The molecule has 0 N–H and O–H groups in total. The average Bonchev–Trinajstić information content (AvgIpc) is 2.63. The predicted molar refractivity (Wildman–Crippen MR) is 53.2 cm³/mol. The van der Waals surface area contributed by atoms with E-state index in [2.05, 4.69) is 9.47 Å². The predicted octanol–water partition coefficient (Wildman–Crippen LogP) is 0.187. The van der Waals surface area contributed by atoms with Gasteiger partial charge in [-0.3, -0.25) is 14.5 Å². The Bertz CT molecular complexity index is 371. The minimum absolute atomic E-state index is 0.885. The Labute approximate surface area is 96.4 Å². The first-order valence-corrected chi connectivity index (χ1v) is 4.32. The molecule has 1 aliphatic rings. The largest absolute Gasteiger partial charge is 0.469 e. The Morgan fingerprint density at radius 2 is 2.00 bits per heavy atom. The number of carbonyl (C=O) groups excluding carboxylic acids is 2. The normalized spacial score (nSPS) is 45.1. The van der Waals surface area contributed by atoms with Gasteiger partial charge in [-0.2, -0.15) is 0 Å². The standard InChI is InChI=1S/C10H17NO4/c1-14-9(12)7-8(10(13)15-2)11-5-3-4-6-11/h8H,3-7H2,1-2H3/i3D,4D,5D,6D,7D. The highest BCUT2D eigenvalue weighted by Crippen LogP contribution is 2.15. The highest BCUT2D eigenvalue weighted by molar-refractivity contribution is 5.82. The zero-order chi connectivity index (χ0) is 15.6. The third-order valence-corrected chi connectivity index (χ3v) is 1.89. The lowest BCUT2D eigenvalue weighted by molar-refractivity contribution is -0.153. The first-order chi connectivity index (χ1) is 9.27. The van der Waals surface area contributed by atoms with Gasteiger partial charge in [-0.15, -0.1) is 0 Å². The molecule has 0 aromatic heterocycles. The lowest BCUT2D eigenvalue weighted by Crippen LogP contribution is -2.41. The van der Waals surface area contributed by atoms with Crippen molar-refractivity contribution in [3.05, 3.63) is 0 Å². The summed E-state index contributed by atoms with van der Waals surface area (Å²) in [6.07, 6.45) is -4.16. The molecule has 0 amide bonds. The zero-order valence-corrected chi connectivity index (χ0v) is 8.54. The first kappa shape index (κ1) is 6.48. The Balaban J connectivity index is 3.11. The van der Waals surface area contributed by atoms with Crippen LogP contribution < -0.4 is 0 Å². The maximum atomic E-state index is 11.8. The Hall–Kier alpha value is -1.10. The third kappa shape index (κ3) is 3.20. The van der Waals surface area contributed by atoms with Crippen LogP contribution in [0.15, 0.2) is 0 Å². The van der Waals surface area contributed by atoms with Gasteiger partial charge in [0.15, 0.2) is 0 Å². The fourth-order valence-electron chi connectivity index (χ4n) is 1.13. The molecule has 0 bridgehead atoms. The van der Waals surface area contributed by atoms with Crippen molar-refractivity contribution in [1.82, 2.24) is 4.90 Å². The SMILES string of the molecule is [2H]C(C(=O)OC)C(C(=O)OC)N1C([2H])C([2H])C([2H])C1[2H]. The van der Waals surface area contributed by atoms with Gasteiger partial charge in [0.1, 0.15) is 6.04 Å². The van der Waals surface area contributed by atoms with Gasteiger partial charge < -0.3 is 9.47 Å². The van der Waals surface area contributed by atoms with E-state index < -0.39 is 50.2 Å². The molecular formula is C10H17NO4. The quantitative estimate of drug-likeness (QED) is 0.633. The summed E-state index contributed by atoms with van der Waals surface area (Å²) in [5, 5.41) is 0. The summed E-state index contributed by atoms with van der Waals surface area (Å²) in [6, 6.07) is -1.54. The number of likely N-dealkylation sites (tertiary alicyclic amines) is 1. The number of rotatable bonds is 4. The molecule has 6 atom stereocenters. The van der Waals surface area contributed by atoms with Crippen LogP contribution in [0.25, 0.3) is 0 Å². The maximum absolute atomic E-state index is 11.8. The monoisotopic (exact) mass is 220 g/mol. The summed E-state index contributed by atoms with van der Waals surface area (Å²) in [7, 11) is 2.11. The first-order valence-electron chi connectivity index (χ1n) is 7.21. The molecule has 0 aromatic rings. The summed E-state index contributed by atoms with van der Waals surface area (Å²) in [5.74, 6) is -1.97. The van der Waals surface area contributed by atoms with Crippen molar-refractivity contribution >= 4 is 11.9 Å². The number of carbonyl (C=O) groups is 2. The second kappa shape index (κ2) is 5.70. The number of esters is 2. The molecule has 6 unspecified atom stereocenters. The van der Waals surface area contributed by atoms with E-state index in [1.165, 1.54) is 0 Å². The van der Waals surface area contributed by atoms with Gasteiger partial charge in [-0.1, -0.05) is 0 Å². The van der Waals surface area contributed by atoms with Gasteiger partial charge in [0.2, 0.25) is 0 Å². The van der Waals surface area contributed by atoms with Crippen molar-refractivity contribution in [1.29, 1.82) is 0 Å². The molecule has 15 heavy (non-hydrogen) atoms. The van der Waals surface area contributed by atoms with Crippen LogP contribution in [-0.2, 0) is 19.1 Å². The van der Waals surface area contributed by atoms with Crippen molar-refractivity contribution in [2.75, 3.05) is 27.3 Å². The van der Waals surface area contributed by atoms with Crippen molar-refractivity contribution in [2.24, 2.45) is 0 Å². The fourth-order valence-corrected chi connectivity index (χ4v) is 1.13. The van der Waals surface area contributed by atoms with E-state index in [4.69, 9.17) is 6.85 Å². The second-order valence-corrected chi connectivity index (χ2v) is 2.79. The summed E-state index contributed by atoms with van der Waals surface area (Å²) in [4.78, 5) is 24.1.